The van der Waals surface area contributed by atoms with Crippen molar-refractivity contribution in [2.75, 3.05) is 0 Å². The number of halogens is 8. The van der Waals surface area contributed by atoms with E-state index in [2.05, 4.69) is 0 Å². The van der Waals surface area contributed by atoms with Crippen molar-refractivity contribution in [1.29, 1.82) is 0 Å². The van der Waals surface area contributed by atoms with Crippen molar-refractivity contribution < 1.29 is 64.1 Å². The molecule has 2 aromatic rings. The molecule has 4 saturated heterocycles. The second-order valence-corrected chi connectivity index (χ2v) is 14.9. The molecule has 0 unspecified atom stereocenters. The van der Waals surface area contributed by atoms with Crippen LogP contribution in [0.1, 0.15) is 51.7 Å². The molecule has 0 bridgehead atoms. The highest BCUT2D eigenvalue weighted by molar-refractivity contribution is 14.1. The standard InChI is InChI=1S/C16H15BF3IO4.C12H7BF3IO4/c1-14(2)11-15(3,4)13(23)25-17(11,24-12(14)22)9-5-8(16(18,19)20)6-10(21)7-9;14-12(15,16)6-1-7(3-9(17)2-6)13-8(4-10(18)20-13)5-11(19)21-13/h5-7H,1-4H3;1-3H,4-5H2. The topological polar surface area (TPSA) is 105 Å². The molecule has 0 radical (unpaired) electrons. The van der Waals surface area contributed by atoms with Gasteiger partial charge in [0.05, 0.1) is 11.1 Å². The smallest absolute Gasteiger partial charge is 0.589 e. The summed E-state index contributed by atoms with van der Waals surface area (Å²) in [5.74, 6) is -1.63. The molecule has 0 aliphatic carbocycles. The number of hydrogen-bond acceptors (Lipinski definition) is 8. The summed E-state index contributed by atoms with van der Waals surface area (Å²) >= 11 is 3.49. The molecule has 0 aromatic heterocycles. The van der Waals surface area contributed by atoms with Gasteiger partial charge in [-0.1, -0.05) is 35.2 Å². The van der Waals surface area contributed by atoms with Crippen LogP contribution in [0.3, 0.4) is 0 Å². The van der Waals surface area contributed by atoms with Crippen LogP contribution < -0.4 is 10.9 Å². The van der Waals surface area contributed by atoms with E-state index in [0.717, 1.165) is 24.3 Å². The average molecular weight is 876 g/mol. The minimum Gasteiger partial charge on any atom is -0.610 e. The van der Waals surface area contributed by atoms with E-state index >= 15 is 0 Å². The molecule has 4 aliphatic heterocycles. The number of benzene rings is 2. The highest BCUT2D eigenvalue weighted by Crippen LogP contribution is 2.59. The number of alkyl halides is 6. The summed E-state index contributed by atoms with van der Waals surface area (Å²) in [6.07, 6.45) is -9.30. The number of carbonyl (C=O) groups excluding carboxylic acids is 4. The third-order valence-electron chi connectivity index (χ3n) is 8.54. The van der Waals surface area contributed by atoms with Gasteiger partial charge in [-0.25, -0.2) is 0 Å². The molecule has 0 spiro atoms. The summed E-state index contributed by atoms with van der Waals surface area (Å²) in [5, 5.41) is 0. The van der Waals surface area contributed by atoms with Crippen LogP contribution in [-0.4, -0.2) is 37.0 Å². The van der Waals surface area contributed by atoms with Crippen molar-refractivity contribution >= 4 is 93.1 Å². The van der Waals surface area contributed by atoms with Gasteiger partial charge in [-0.2, -0.15) is 26.3 Å². The van der Waals surface area contributed by atoms with Gasteiger partial charge in [-0.3, -0.25) is 19.2 Å². The van der Waals surface area contributed by atoms with Gasteiger partial charge in [-0.05, 0) is 85.0 Å². The van der Waals surface area contributed by atoms with Crippen molar-refractivity contribution in [3.8, 4) is 0 Å². The lowest BCUT2D eigenvalue weighted by Gasteiger charge is -2.29. The lowest BCUT2D eigenvalue weighted by Crippen LogP contribution is -2.55. The van der Waals surface area contributed by atoms with Gasteiger partial charge in [0.1, 0.15) is 12.8 Å². The van der Waals surface area contributed by atoms with Gasteiger partial charge >= 0.3 is 49.3 Å². The van der Waals surface area contributed by atoms with E-state index in [1.165, 1.54) is 12.1 Å². The maximum Gasteiger partial charge on any atom is 0.589 e. The lowest BCUT2D eigenvalue weighted by molar-refractivity contribution is -0.148. The Bertz CT molecular complexity index is 1630. The summed E-state index contributed by atoms with van der Waals surface area (Å²) in [7, 11) is 0. The number of rotatable bonds is 2. The first-order valence-electron chi connectivity index (χ1n) is 13.6. The van der Waals surface area contributed by atoms with Gasteiger partial charge in [0, 0.05) is 18.8 Å². The molecule has 6 rings (SSSR count). The van der Waals surface area contributed by atoms with Crippen molar-refractivity contribution in [3.05, 3.63) is 66.3 Å². The Morgan fingerprint density at radius 3 is 1.37 bits per heavy atom. The molecular formula is C28H22B2F6I2O8. The Labute approximate surface area is 285 Å². The second-order valence-electron chi connectivity index (χ2n) is 12.4. The molecule has 18 heteroatoms. The van der Waals surface area contributed by atoms with Crippen LogP contribution in [0.15, 0.2) is 36.4 Å². The van der Waals surface area contributed by atoms with Crippen molar-refractivity contribution in [2.45, 2.75) is 52.9 Å². The van der Waals surface area contributed by atoms with Crippen LogP contribution in [0.5, 0.6) is 0 Å². The molecule has 4 aliphatic rings. The van der Waals surface area contributed by atoms with E-state index in [9.17, 15) is 45.5 Å². The maximum absolute atomic E-state index is 13.2. The zero-order chi connectivity index (χ0) is 34.4. The third-order valence-corrected chi connectivity index (χ3v) is 9.79. The Morgan fingerprint density at radius 1 is 0.630 bits per heavy atom. The summed E-state index contributed by atoms with van der Waals surface area (Å²) in [6, 6.07) is 6.63. The lowest BCUT2D eigenvalue weighted by atomic mass is 9.36. The zero-order valence-electron chi connectivity index (χ0n) is 24.3. The molecule has 0 atom stereocenters. The molecule has 0 saturated carbocycles. The molecule has 4 fully saturated rings. The van der Waals surface area contributed by atoms with Crippen LogP contribution in [0.25, 0.3) is 0 Å². The zero-order valence-corrected chi connectivity index (χ0v) is 28.6. The molecule has 4 heterocycles. The molecular weight excluding hydrogens is 854 g/mol. The van der Waals surface area contributed by atoms with Crippen LogP contribution in [0, 0.1) is 29.6 Å². The largest absolute Gasteiger partial charge is 0.610 e. The predicted molar refractivity (Wildman–Crippen MR) is 167 cm³/mol. The van der Waals surface area contributed by atoms with Gasteiger partial charge in [0.2, 0.25) is 0 Å². The van der Waals surface area contributed by atoms with E-state index < -0.39 is 71.3 Å². The molecule has 2 aromatic carbocycles. The highest BCUT2D eigenvalue weighted by atomic mass is 127. The Hall–Kier alpha value is -2.77. The maximum atomic E-state index is 13.2. The Morgan fingerprint density at radius 2 is 1.00 bits per heavy atom. The molecule has 0 amide bonds. The first-order valence-corrected chi connectivity index (χ1v) is 15.8. The summed E-state index contributed by atoms with van der Waals surface area (Å²) in [5.41, 5.74) is -3.92. The summed E-state index contributed by atoms with van der Waals surface area (Å²) in [4.78, 5) is 47.7. The second kappa shape index (κ2) is 10.9. The number of hydrogen-bond donors (Lipinski definition) is 0. The van der Waals surface area contributed by atoms with Crippen molar-refractivity contribution in [1.82, 2.24) is 0 Å². The quantitative estimate of drug-likeness (QED) is 0.176. The average Bonchev–Trinajstić information content (AvgIpc) is 3.51. The molecule has 244 valence electrons. The highest BCUT2D eigenvalue weighted by Gasteiger charge is 2.80. The van der Waals surface area contributed by atoms with Crippen LogP contribution >= 0.6 is 45.2 Å². The van der Waals surface area contributed by atoms with Crippen molar-refractivity contribution in [2.24, 2.45) is 10.8 Å². The van der Waals surface area contributed by atoms with E-state index in [4.69, 9.17) is 18.6 Å². The van der Waals surface area contributed by atoms with E-state index in [0.29, 0.717) is 18.8 Å². The van der Waals surface area contributed by atoms with E-state index in [1.54, 1.807) is 72.9 Å². The molecule has 0 N–H and O–H groups in total. The molecule has 46 heavy (non-hydrogen) atoms. The Balaban J connectivity index is 0.000000184. The minimum absolute atomic E-state index is 0.0482. The third kappa shape index (κ3) is 5.59. The van der Waals surface area contributed by atoms with Gasteiger partial charge in [0.25, 0.3) is 0 Å². The van der Waals surface area contributed by atoms with Crippen LogP contribution in [0.4, 0.5) is 26.3 Å². The van der Waals surface area contributed by atoms with E-state index in [1.807, 2.05) is 0 Å². The summed E-state index contributed by atoms with van der Waals surface area (Å²) < 4.78 is 100. The van der Waals surface area contributed by atoms with Gasteiger partial charge < -0.3 is 18.6 Å². The van der Waals surface area contributed by atoms with E-state index in [-0.39, 0.29) is 23.8 Å². The number of fused-ring (bicyclic) bond motifs is 2. The van der Waals surface area contributed by atoms with Gasteiger partial charge in [-0.15, -0.1) is 0 Å². The van der Waals surface area contributed by atoms with Crippen LogP contribution in [-0.2, 0) is 50.1 Å². The minimum atomic E-state index is -4.57. The van der Waals surface area contributed by atoms with Crippen molar-refractivity contribution in [3.63, 3.8) is 0 Å². The normalized spacial score (nSPS) is 21.9. The monoisotopic (exact) mass is 876 g/mol. The first-order chi connectivity index (χ1) is 20.9. The van der Waals surface area contributed by atoms with Crippen LogP contribution in [0.2, 0.25) is 0 Å². The Kier molecular flexibility index (Phi) is 8.17. The fourth-order valence-corrected chi connectivity index (χ4v) is 8.09. The number of carbonyl (C=O) groups is 4. The predicted octanol–water partition coefficient (Wildman–Crippen LogP) is 5.21. The SMILES string of the molecule is CC1(C)C(=O)O[B-]2(c3cc(I)cc(C(F)(F)F)c3)OC(=O)C(C)(C)[C+]21.O=C1C[C+]2CC(=O)O[B-]2(c2cc(I)cc(C(F)(F)F)c2)O1. The first kappa shape index (κ1) is 34.6. The fraction of sp³-hybridized carbons (Fsp3) is 0.357. The molecule has 8 nitrogen and oxygen atoms in total. The summed E-state index contributed by atoms with van der Waals surface area (Å²) in [6.45, 7) is 1.03. The van der Waals surface area contributed by atoms with Gasteiger partial charge in [0.15, 0.2) is 10.8 Å². The fourth-order valence-electron chi connectivity index (χ4n) is 6.70.